The van der Waals surface area contributed by atoms with Crippen LogP contribution in [-0.2, 0) is 14.8 Å². The minimum absolute atomic E-state index is 0.176. The van der Waals surface area contributed by atoms with Crippen LogP contribution in [0.1, 0.15) is 18.4 Å². The number of hydrogen-bond donors (Lipinski definition) is 1. The number of nitrogens with one attached hydrogen (secondary N) is 1. The second-order valence-electron chi connectivity index (χ2n) is 5.13. The Hall–Kier alpha value is -1.77. The summed E-state index contributed by atoms with van der Waals surface area (Å²) in [6.07, 6.45) is 2.31. The van der Waals surface area contributed by atoms with Crippen LogP contribution in [0.25, 0.3) is 0 Å². The molecule has 2 aromatic rings. The fourth-order valence-corrected chi connectivity index (χ4v) is 4.37. The lowest BCUT2D eigenvalue weighted by molar-refractivity contribution is -0.116. The van der Waals surface area contributed by atoms with Gasteiger partial charge < -0.3 is 5.32 Å². The van der Waals surface area contributed by atoms with Gasteiger partial charge in [-0.2, -0.15) is 0 Å². The van der Waals surface area contributed by atoms with Crippen LogP contribution in [0, 0.1) is 6.92 Å². The highest BCUT2D eigenvalue weighted by Crippen LogP contribution is 2.20. The van der Waals surface area contributed by atoms with E-state index in [1.165, 1.54) is 22.7 Å². The molecule has 0 fully saturated rings. The standard InChI is InChI=1S/C15H19N3O3S2/c1-12-7-8-16-13(11-12)17-14(19)5-3-9-18(2)23(20,21)15-6-4-10-22-15/h4,6-8,10-11H,3,5,9H2,1-2H3,(H,16,17,19). The number of carbonyl (C=O) groups is 1. The van der Waals surface area contributed by atoms with Crippen molar-refractivity contribution in [3.05, 3.63) is 41.4 Å². The number of thiophene rings is 1. The Bertz CT molecular complexity index is 758. The maximum absolute atomic E-state index is 12.2. The van der Waals surface area contributed by atoms with E-state index in [-0.39, 0.29) is 18.9 Å². The minimum Gasteiger partial charge on any atom is -0.311 e. The Morgan fingerprint density at radius 3 is 2.83 bits per heavy atom. The van der Waals surface area contributed by atoms with Gasteiger partial charge in [-0.25, -0.2) is 17.7 Å². The summed E-state index contributed by atoms with van der Waals surface area (Å²) >= 11 is 1.18. The molecule has 8 heteroatoms. The Morgan fingerprint density at radius 2 is 2.17 bits per heavy atom. The van der Waals surface area contributed by atoms with E-state index in [1.807, 2.05) is 13.0 Å². The summed E-state index contributed by atoms with van der Waals surface area (Å²) in [6.45, 7) is 2.20. The number of sulfonamides is 1. The van der Waals surface area contributed by atoms with Gasteiger partial charge in [0.15, 0.2) is 0 Å². The molecular formula is C15H19N3O3S2. The van der Waals surface area contributed by atoms with Gasteiger partial charge >= 0.3 is 0 Å². The maximum Gasteiger partial charge on any atom is 0.252 e. The van der Waals surface area contributed by atoms with Gasteiger partial charge in [0.2, 0.25) is 5.91 Å². The van der Waals surface area contributed by atoms with Crippen LogP contribution in [0.4, 0.5) is 5.82 Å². The van der Waals surface area contributed by atoms with E-state index >= 15 is 0 Å². The number of aromatic nitrogens is 1. The van der Waals surface area contributed by atoms with Gasteiger partial charge in [-0.05, 0) is 42.5 Å². The number of aryl methyl sites for hydroxylation is 1. The average molecular weight is 353 g/mol. The molecular weight excluding hydrogens is 334 g/mol. The van der Waals surface area contributed by atoms with Crippen LogP contribution in [0.3, 0.4) is 0 Å². The summed E-state index contributed by atoms with van der Waals surface area (Å²) in [5.74, 6) is 0.333. The molecule has 0 bridgehead atoms. The van der Waals surface area contributed by atoms with E-state index in [2.05, 4.69) is 10.3 Å². The molecule has 0 saturated carbocycles. The molecule has 2 rings (SSSR count). The number of rotatable bonds is 7. The average Bonchev–Trinajstić information content (AvgIpc) is 3.02. The first-order valence-electron chi connectivity index (χ1n) is 7.12. The Morgan fingerprint density at radius 1 is 1.39 bits per heavy atom. The second-order valence-corrected chi connectivity index (χ2v) is 8.35. The van der Waals surface area contributed by atoms with E-state index in [1.54, 1.807) is 29.8 Å². The van der Waals surface area contributed by atoms with Crippen LogP contribution in [0.2, 0.25) is 0 Å². The number of amides is 1. The number of hydrogen-bond acceptors (Lipinski definition) is 5. The van der Waals surface area contributed by atoms with E-state index < -0.39 is 10.0 Å². The van der Waals surface area contributed by atoms with Crippen LogP contribution >= 0.6 is 11.3 Å². The summed E-state index contributed by atoms with van der Waals surface area (Å²) in [5, 5.41) is 4.43. The fraction of sp³-hybridized carbons (Fsp3) is 0.333. The first-order valence-corrected chi connectivity index (χ1v) is 9.44. The molecule has 0 radical (unpaired) electrons. The molecule has 0 unspecified atom stereocenters. The molecule has 0 spiro atoms. The lowest BCUT2D eigenvalue weighted by Gasteiger charge is -2.15. The van der Waals surface area contributed by atoms with Crippen molar-refractivity contribution in [2.24, 2.45) is 0 Å². The molecule has 0 aliphatic carbocycles. The summed E-state index contributed by atoms with van der Waals surface area (Å²) in [4.78, 5) is 15.9. The third-order valence-corrected chi connectivity index (χ3v) is 6.45. The number of nitrogens with zero attached hydrogens (tertiary/aromatic N) is 2. The molecule has 1 N–H and O–H groups in total. The fourth-order valence-electron chi connectivity index (χ4n) is 1.96. The highest BCUT2D eigenvalue weighted by Gasteiger charge is 2.21. The first kappa shape index (κ1) is 17.6. The second kappa shape index (κ2) is 7.67. The molecule has 2 heterocycles. The predicted octanol–water partition coefficient (Wildman–Crippen LogP) is 2.49. The zero-order valence-electron chi connectivity index (χ0n) is 13.0. The summed E-state index contributed by atoms with van der Waals surface area (Å²) in [7, 11) is -1.93. The predicted molar refractivity (Wildman–Crippen MR) is 91.0 cm³/mol. The highest BCUT2D eigenvalue weighted by atomic mass is 32.2. The van der Waals surface area contributed by atoms with Crippen molar-refractivity contribution < 1.29 is 13.2 Å². The lowest BCUT2D eigenvalue weighted by Crippen LogP contribution is -2.28. The molecule has 6 nitrogen and oxygen atoms in total. The van der Waals surface area contributed by atoms with Crippen LogP contribution in [0.5, 0.6) is 0 Å². The molecule has 1 amide bonds. The van der Waals surface area contributed by atoms with Gasteiger partial charge in [0, 0.05) is 26.2 Å². The van der Waals surface area contributed by atoms with Crippen molar-refractivity contribution in [2.45, 2.75) is 24.0 Å². The van der Waals surface area contributed by atoms with Gasteiger partial charge in [-0.15, -0.1) is 11.3 Å². The van der Waals surface area contributed by atoms with Crippen molar-refractivity contribution in [1.29, 1.82) is 0 Å². The zero-order valence-corrected chi connectivity index (χ0v) is 14.7. The highest BCUT2D eigenvalue weighted by molar-refractivity contribution is 7.91. The topological polar surface area (TPSA) is 79.4 Å². The molecule has 0 saturated heterocycles. The van der Waals surface area contributed by atoms with Gasteiger partial charge in [-0.1, -0.05) is 6.07 Å². The normalized spacial score (nSPS) is 11.6. The Balaban J connectivity index is 1.81. The van der Waals surface area contributed by atoms with Crippen molar-refractivity contribution in [3.63, 3.8) is 0 Å². The van der Waals surface area contributed by atoms with Gasteiger partial charge in [0.05, 0.1) is 0 Å². The largest absolute Gasteiger partial charge is 0.311 e. The van der Waals surface area contributed by atoms with Crippen LogP contribution in [0.15, 0.2) is 40.1 Å². The molecule has 2 aromatic heterocycles. The van der Waals surface area contributed by atoms with Crippen molar-refractivity contribution in [3.8, 4) is 0 Å². The molecule has 0 atom stereocenters. The number of anilines is 1. The monoisotopic (exact) mass is 353 g/mol. The van der Waals surface area contributed by atoms with Crippen molar-refractivity contribution in [2.75, 3.05) is 18.9 Å². The molecule has 23 heavy (non-hydrogen) atoms. The third kappa shape index (κ3) is 4.85. The summed E-state index contributed by atoms with van der Waals surface area (Å²) in [6, 6.07) is 6.91. The van der Waals surface area contributed by atoms with Gasteiger partial charge in [-0.3, -0.25) is 4.79 Å². The van der Waals surface area contributed by atoms with Gasteiger partial charge in [0.1, 0.15) is 10.0 Å². The minimum atomic E-state index is -3.45. The molecule has 124 valence electrons. The molecule has 0 aromatic carbocycles. The first-order chi connectivity index (χ1) is 10.9. The third-order valence-electron chi connectivity index (χ3n) is 3.22. The van der Waals surface area contributed by atoms with E-state index in [0.717, 1.165) is 5.56 Å². The SMILES string of the molecule is Cc1ccnc(NC(=O)CCCN(C)S(=O)(=O)c2cccs2)c1. The smallest absolute Gasteiger partial charge is 0.252 e. The molecule has 0 aliphatic heterocycles. The number of carbonyl (C=O) groups excluding carboxylic acids is 1. The van der Waals surface area contributed by atoms with E-state index in [0.29, 0.717) is 16.4 Å². The van der Waals surface area contributed by atoms with Crippen molar-refractivity contribution >= 4 is 33.1 Å². The van der Waals surface area contributed by atoms with Crippen LogP contribution < -0.4 is 5.32 Å². The summed E-state index contributed by atoms with van der Waals surface area (Å²) in [5.41, 5.74) is 1.01. The van der Waals surface area contributed by atoms with E-state index in [9.17, 15) is 13.2 Å². The Kier molecular flexibility index (Phi) is 5.86. The quantitative estimate of drug-likeness (QED) is 0.829. The van der Waals surface area contributed by atoms with Crippen molar-refractivity contribution in [1.82, 2.24) is 9.29 Å². The van der Waals surface area contributed by atoms with E-state index in [4.69, 9.17) is 0 Å². The number of pyridine rings is 1. The molecule has 0 aliphatic rings. The zero-order chi connectivity index (χ0) is 16.9. The van der Waals surface area contributed by atoms with Gasteiger partial charge in [0.25, 0.3) is 10.0 Å². The summed E-state index contributed by atoms with van der Waals surface area (Å²) < 4.78 is 26.0. The maximum atomic E-state index is 12.2. The Labute approximate surface area is 140 Å². The van der Waals surface area contributed by atoms with Crippen LogP contribution in [-0.4, -0.2) is 37.2 Å². The lowest BCUT2D eigenvalue weighted by atomic mass is 10.2.